The molecule has 0 saturated carbocycles. The zero-order valence-corrected chi connectivity index (χ0v) is 8.70. The van der Waals surface area contributed by atoms with Gasteiger partial charge in [-0.3, -0.25) is 4.79 Å². The molecule has 0 aliphatic rings. The molecule has 1 amide bonds. The molecule has 0 atom stereocenters. The number of rotatable bonds is 3. The van der Waals surface area contributed by atoms with E-state index in [-0.39, 0.29) is 5.91 Å². The summed E-state index contributed by atoms with van der Waals surface area (Å²) in [7, 11) is 5.08. The van der Waals surface area contributed by atoms with Crippen molar-refractivity contribution in [1.82, 2.24) is 4.90 Å². The van der Waals surface area contributed by atoms with Crippen LogP contribution in [0.4, 0.5) is 0 Å². The van der Waals surface area contributed by atoms with Gasteiger partial charge in [0.2, 0.25) is 5.91 Å². The summed E-state index contributed by atoms with van der Waals surface area (Å²) in [6.07, 6.45) is 0.410. The Bertz CT molecular complexity index is 304. The maximum absolute atomic E-state index is 11.3. The van der Waals surface area contributed by atoms with Crippen molar-refractivity contribution in [3.63, 3.8) is 0 Å². The molecular weight excluding hydrogens is 178 g/mol. The molecule has 0 aromatic heterocycles. The third-order valence-corrected chi connectivity index (χ3v) is 1.92. The number of nitrogens with zero attached hydrogens (tertiary/aromatic N) is 1. The van der Waals surface area contributed by atoms with Gasteiger partial charge in [0.25, 0.3) is 0 Å². The van der Waals surface area contributed by atoms with Gasteiger partial charge in [0.15, 0.2) is 0 Å². The molecule has 1 rings (SSSR count). The van der Waals surface area contributed by atoms with Gasteiger partial charge in [0.05, 0.1) is 13.5 Å². The van der Waals surface area contributed by atoms with Gasteiger partial charge in [-0.25, -0.2) is 0 Å². The van der Waals surface area contributed by atoms with Crippen molar-refractivity contribution in [1.29, 1.82) is 0 Å². The Labute approximate surface area is 84.3 Å². The first-order valence-electron chi connectivity index (χ1n) is 4.38. The number of carbonyl (C=O) groups is 1. The third-order valence-electron chi connectivity index (χ3n) is 1.92. The van der Waals surface area contributed by atoms with Crippen molar-refractivity contribution in [2.24, 2.45) is 0 Å². The number of methoxy groups -OCH3 is 1. The van der Waals surface area contributed by atoms with Crippen LogP contribution in [0.25, 0.3) is 0 Å². The van der Waals surface area contributed by atoms with Crippen molar-refractivity contribution in [2.45, 2.75) is 6.42 Å². The fraction of sp³-hybridized carbons (Fsp3) is 0.364. The molecule has 0 aliphatic carbocycles. The highest BCUT2D eigenvalue weighted by Gasteiger charge is 2.05. The molecular formula is C11H14NO2. The van der Waals surface area contributed by atoms with Gasteiger partial charge in [0.1, 0.15) is 5.75 Å². The Morgan fingerprint density at radius 1 is 1.50 bits per heavy atom. The van der Waals surface area contributed by atoms with E-state index in [0.29, 0.717) is 12.2 Å². The monoisotopic (exact) mass is 192 g/mol. The predicted octanol–water partition coefficient (Wildman–Crippen LogP) is 1.13. The lowest BCUT2D eigenvalue weighted by molar-refractivity contribution is -0.127. The molecule has 14 heavy (non-hydrogen) atoms. The highest BCUT2D eigenvalue weighted by molar-refractivity contribution is 5.78. The lowest BCUT2D eigenvalue weighted by Crippen LogP contribution is -2.23. The minimum Gasteiger partial charge on any atom is -0.496 e. The molecule has 1 aromatic rings. The lowest BCUT2D eigenvalue weighted by Gasteiger charge is -2.09. The second kappa shape index (κ2) is 4.65. The minimum absolute atomic E-state index is 0.0866. The highest BCUT2D eigenvalue weighted by atomic mass is 16.5. The Balaban J connectivity index is 2.64. The van der Waals surface area contributed by atoms with E-state index in [2.05, 4.69) is 6.07 Å². The van der Waals surface area contributed by atoms with Crippen molar-refractivity contribution < 1.29 is 9.53 Å². The van der Waals surface area contributed by atoms with E-state index in [1.807, 2.05) is 6.07 Å². The van der Waals surface area contributed by atoms with Gasteiger partial charge < -0.3 is 9.64 Å². The smallest absolute Gasteiger partial charge is 0.226 e. The number of likely N-dealkylation sites (N-methyl/N-ethyl adjacent to an activating group) is 1. The summed E-state index contributed by atoms with van der Waals surface area (Å²) in [5.41, 5.74) is 0.949. The molecule has 0 heterocycles. The van der Waals surface area contributed by atoms with Gasteiger partial charge >= 0.3 is 0 Å². The summed E-state index contributed by atoms with van der Waals surface area (Å²) in [4.78, 5) is 12.9. The van der Waals surface area contributed by atoms with E-state index in [1.54, 1.807) is 38.2 Å². The molecule has 3 heteroatoms. The van der Waals surface area contributed by atoms with E-state index >= 15 is 0 Å². The first kappa shape index (κ1) is 10.6. The summed E-state index contributed by atoms with van der Waals surface area (Å²) in [6.45, 7) is 0. The summed E-state index contributed by atoms with van der Waals surface area (Å²) >= 11 is 0. The Kier molecular flexibility index (Phi) is 3.51. The maximum Gasteiger partial charge on any atom is 0.226 e. The van der Waals surface area contributed by atoms with E-state index in [9.17, 15) is 4.79 Å². The molecule has 1 radical (unpaired) electrons. The lowest BCUT2D eigenvalue weighted by atomic mass is 10.1. The van der Waals surface area contributed by atoms with Crippen LogP contribution < -0.4 is 4.74 Å². The van der Waals surface area contributed by atoms with E-state index < -0.39 is 0 Å². The second-order valence-corrected chi connectivity index (χ2v) is 3.23. The average molecular weight is 192 g/mol. The second-order valence-electron chi connectivity index (χ2n) is 3.23. The number of hydrogen-bond acceptors (Lipinski definition) is 2. The molecule has 75 valence electrons. The van der Waals surface area contributed by atoms with Crippen LogP contribution in [0.3, 0.4) is 0 Å². The van der Waals surface area contributed by atoms with Crippen LogP contribution in [0.1, 0.15) is 5.56 Å². The molecule has 0 fully saturated rings. The van der Waals surface area contributed by atoms with E-state index in [1.165, 1.54) is 0 Å². The topological polar surface area (TPSA) is 29.5 Å². The fourth-order valence-electron chi connectivity index (χ4n) is 1.01. The molecule has 0 saturated heterocycles. The van der Waals surface area contributed by atoms with Crippen molar-refractivity contribution >= 4 is 5.91 Å². The van der Waals surface area contributed by atoms with Gasteiger partial charge in [-0.15, -0.1) is 0 Å². The number of hydrogen-bond donors (Lipinski definition) is 0. The van der Waals surface area contributed by atoms with E-state index in [4.69, 9.17) is 4.74 Å². The highest BCUT2D eigenvalue weighted by Crippen LogP contribution is 2.11. The molecule has 0 bridgehead atoms. The van der Waals surface area contributed by atoms with Crippen molar-refractivity contribution in [2.75, 3.05) is 21.2 Å². The Morgan fingerprint density at radius 2 is 2.21 bits per heavy atom. The zero-order valence-electron chi connectivity index (χ0n) is 8.70. The van der Waals surface area contributed by atoms with Crippen LogP contribution in [0.5, 0.6) is 5.75 Å². The van der Waals surface area contributed by atoms with Crippen molar-refractivity contribution in [3.05, 3.63) is 29.8 Å². The van der Waals surface area contributed by atoms with E-state index in [0.717, 1.165) is 5.56 Å². The third kappa shape index (κ3) is 2.76. The first-order valence-corrected chi connectivity index (χ1v) is 4.38. The van der Waals surface area contributed by atoms with Crippen LogP contribution >= 0.6 is 0 Å². The predicted molar refractivity (Wildman–Crippen MR) is 54.2 cm³/mol. The van der Waals surface area contributed by atoms with Crippen molar-refractivity contribution in [3.8, 4) is 5.75 Å². The normalized spacial score (nSPS) is 9.64. The molecule has 1 aromatic carbocycles. The molecule has 0 N–H and O–H groups in total. The van der Waals surface area contributed by atoms with Crippen LogP contribution in [0.2, 0.25) is 0 Å². The fourth-order valence-corrected chi connectivity index (χ4v) is 1.01. The molecule has 0 spiro atoms. The quantitative estimate of drug-likeness (QED) is 0.718. The molecule has 3 nitrogen and oxygen atoms in total. The average Bonchev–Trinajstić information content (AvgIpc) is 2.19. The SMILES string of the molecule is COc1[c]cc(CC(=O)N(C)C)cc1. The van der Waals surface area contributed by atoms with Crippen LogP contribution in [0, 0.1) is 6.07 Å². The number of carbonyl (C=O) groups excluding carboxylic acids is 1. The Hall–Kier alpha value is -1.51. The summed E-state index contributed by atoms with van der Waals surface area (Å²) in [6, 6.07) is 8.39. The van der Waals surface area contributed by atoms with Crippen LogP contribution in [-0.4, -0.2) is 32.0 Å². The van der Waals surface area contributed by atoms with Gasteiger partial charge in [-0.1, -0.05) is 6.07 Å². The van der Waals surface area contributed by atoms with Crippen LogP contribution in [0.15, 0.2) is 18.2 Å². The summed E-state index contributed by atoms with van der Waals surface area (Å²) in [5, 5.41) is 0. The van der Waals surface area contributed by atoms with Gasteiger partial charge in [-0.2, -0.15) is 0 Å². The first-order chi connectivity index (χ1) is 6.63. The van der Waals surface area contributed by atoms with Crippen LogP contribution in [-0.2, 0) is 11.2 Å². The zero-order chi connectivity index (χ0) is 10.6. The largest absolute Gasteiger partial charge is 0.496 e. The standard InChI is InChI=1S/C11H14NO2/c1-12(2)11(13)8-9-4-6-10(14-3)7-5-9/h4-6H,8H2,1-3H3. The summed E-state index contributed by atoms with van der Waals surface area (Å²) in [5.74, 6) is 0.773. The Morgan fingerprint density at radius 3 is 2.64 bits per heavy atom. The van der Waals surface area contributed by atoms with Gasteiger partial charge in [0, 0.05) is 20.2 Å². The molecule has 0 unspecified atom stereocenters. The summed E-state index contributed by atoms with van der Waals surface area (Å²) < 4.78 is 4.97. The maximum atomic E-state index is 11.3. The number of amides is 1. The molecule has 0 aliphatic heterocycles. The minimum atomic E-state index is 0.0866. The van der Waals surface area contributed by atoms with Gasteiger partial charge in [-0.05, 0) is 17.7 Å². The number of benzene rings is 1. The number of ether oxygens (including phenoxy) is 1.